The summed E-state index contributed by atoms with van der Waals surface area (Å²) in [6.07, 6.45) is 9.96. The molecule has 11 heavy (non-hydrogen) atoms. The number of hydrogen-bond acceptors (Lipinski definition) is 2. The van der Waals surface area contributed by atoms with Crippen molar-refractivity contribution in [3.63, 3.8) is 0 Å². The zero-order valence-electron chi connectivity index (χ0n) is 6.75. The van der Waals surface area contributed by atoms with E-state index in [9.17, 15) is 0 Å². The largest absolute Gasteiger partial charge is 0.460 e. The van der Waals surface area contributed by atoms with E-state index in [-0.39, 0.29) is 0 Å². The van der Waals surface area contributed by atoms with Crippen molar-refractivity contribution >= 4 is 0 Å². The third-order valence-electron chi connectivity index (χ3n) is 1.35. The lowest BCUT2D eigenvalue weighted by molar-refractivity contribution is 0.0188. The van der Waals surface area contributed by atoms with Crippen molar-refractivity contribution in [2.75, 3.05) is 6.61 Å². The van der Waals surface area contributed by atoms with Crippen molar-refractivity contribution in [2.45, 2.75) is 19.8 Å². The molecule has 1 heterocycles. The summed E-state index contributed by atoms with van der Waals surface area (Å²) >= 11 is 0. The minimum atomic E-state index is 0.598. The standard InChI is InChI=1S/C9H13O2/c1-2-3-7-10-9-6-4-5-8-11-9/h4-6,8H,2-3,7H2,1H3. The molecular weight excluding hydrogens is 140 g/mol. The molecule has 0 bridgehead atoms. The number of allylic oxidation sites excluding steroid dienone is 2. The molecule has 1 radical (unpaired) electrons. The number of rotatable bonds is 4. The topological polar surface area (TPSA) is 18.5 Å². The van der Waals surface area contributed by atoms with E-state index in [1.165, 1.54) is 0 Å². The lowest BCUT2D eigenvalue weighted by Crippen LogP contribution is -2.04. The SMILES string of the molecule is CCCCO[C]1C=CC=CO1. The number of unbranched alkanes of at least 4 members (excludes halogenated alkanes) is 1. The summed E-state index contributed by atoms with van der Waals surface area (Å²) in [5.74, 6) is 0. The van der Waals surface area contributed by atoms with Crippen LogP contribution in [-0.4, -0.2) is 6.61 Å². The average Bonchev–Trinajstić information content (AvgIpc) is 2.07. The summed E-state index contributed by atoms with van der Waals surface area (Å²) in [6, 6.07) is 0. The van der Waals surface area contributed by atoms with Crippen LogP contribution in [-0.2, 0) is 9.47 Å². The van der Waals surface area contributed by atoms with Crippen LogP contribution in [0.25, 0.3) is 0 Å². The van der Waals surface area contributed by atoms with Gasteiger partial charge in [-0.3, -0.25) is 0 Å². The first-order valence-corrected chi connectivity index (χ1v) is 3.93. The molecule has 0 amide bonds. The molecule has 1 rings (SSSR count). The van der Waals surface area contributed by atoms with Crippen molar-refractivity contribution in [3.05, 3.63) is 30.8 Å². The third kappa shape index (κ3) is 3.23. The number of ether oxygens (including phenoxy) is 2. The first kappa shape index (κ1) is 8.34. The Hall–Kier alpha value is -0.760. The summed E-state index contributed by atoms with van der Waals surface area (Å²) in [6.45, 7) is 2.87. The quantitative estimate of drug-likeness (QED) is 0.577. The molecule has 2 nitrogen and oxygen atoms in total. The monoisotopic (exact) mass is 153 g/mol. The minimum Gasteiger partial charge on any atom is -0.460 e. The molecule has 0 N–H and O–H groups in total. The van der Waals surface area contributed by atoms with Gasteiger partial charge in [0.2, 0.25) is 0 Å². The van der Waals surface area contributed by atoms with Gasteiger partial charge in [0, 0.05) is 0 Å². The Morgan fingerprint density at radius 1 is 1.45 bits per heavy atom. The second kappa shape index (κ2) is 4.97. The van der Waals surface area contributed by atoms with Gasteiger partial charge in [0.15, 0.2) is 0 Å². The van der Waals surface area contributed by atoms with Crippen LogP contribution in [0.5, 0.6) is 0 Å². The molecule has 1 aliphatic rings. The highest BCUT2D eigenvalue weighted by Crippen LogP contribution is 2.11. The van der Waals surface area contributed by atoms with Gasteiger partial charge in [-0.2, -0.15) is 0 Å². The summed E-state index contributed by atoms with van der Waals surface area (Å²) in [7, 11) is 0. The molecule has 0 fully saturated rings. The van der Waals surface area contributed by atoms with Crippen LogP contribution in [0.4, 0.5) is 0 Å². The Balaban J connectivity index is 2.07. The van der Waals surface area contributed by atoms with Crippen LogP contribution in [0.2, 0.25) is 0 Å². The molecule has 0 atom stereocenters. The Morgan fingerprint density at radius 3 is 3.00 bits per heavy atom. The molecule has 2 heteroatoms. The predicted molar refractivity (Wildman–Crippen MR) is 43.5 cm³/mol. The van der Waals surface area contributed by atoms with Gasteiger partial charge in [-0.05, 0) is 18.6 Å². The van der Waals surface area contributed by atoms with Gasteiger partial charge in [-0.1, -0.05) is 19.4 Å². The second-order valence-corrected chi connectivity index (χ2v) is 2.33. The predicted octanol–water partition coefficient (Wildman–Crippen LogP) is 2.39. The van der Waals surface area contributed by atoms with Crippen LogP contribution < -0.4 is 0 Å². The maximum Gasteiger partial charge on any atom is 0.300 e. The second-order valence-electron chi connectivity index (χ2n) is 2.33. The lowest BCUT2D eigenvalue weighted by Gasteiger charge is -2.12. The van der Waals surface area contributed by atoms with E-state index in [1.807, 2.05) is 18.2 Å². The summed E-state index contributed by atoms with van der Waals surface area (Å²) in [5, 5.41) is 0. The molecule has 0 aliphatic carbocycles. The summed E-state index contributed by atoms with van der Waals surface area (Å²) in [4.78, 5) is 0. The molecule has 0 spiro atoms. The van der Waals surface area contributed by atoms with Crippen molar-refractivity contribution in [1.29, 1.82) is 0 Å². The van der Waals surface area contributed by atoms with Crippen LogP contribution in [0, 0.1) is 6.29 Å². The zero-order chi connectivity index (χ0) is 7.94. The molecule has 0 unspecified atom stereocenters. The van der Waals surface area contributed by atoms with E-state index in [2.05, 4.69) is 6.92 Å². The minimum absolute atomic E-state index is 0.598. The molecule has 1 aliphatic heterocycles. The molecule has 61 valence electrons. The zero-order valence-corrected chi connectivity index (χ0v) is 6.75. The molecular formula is C9H13O2. The van der Waals surface area contributed by atoms with Crippen molar-refractivity contribution in [2.24, 2.45) is 0 Å². The van der Waals surface area contributed by atoms with Crippen LogP contribution >= 0.6 is 0 Å². The Labute approximate surface area is 67.5 Å². The fourth-order valence-electron chi connectivity index (χ4n) is 0.724. The normalized spacial score (nSPS) is 16.8. The Bertz CT molecular complexity index is 150. The smallest absolute Gasteiger partial charge is 0.300 e. The molecule has 0 saturated heterocycles. The fraction of sp³-hybridized carbons (Fsp3) is 0.444. The maximum atomic E-state index is 5.28. The van der Waals surface area contributed by atoms with E-state index in [0.29, 0.717) is 6.29 Å². The van der Waals surface area contributed by atoms with Crippen molar-refractivity contribution in [3.8, 4) is 0 Å². The summed E-state index contributed by atoms with van der Waals surface area (Å²) in [5.41, 5.74) is 0. The molecule has 0 aromatic carbocycles. The molecule has 0 aromatic heterocycles. The van der Waals surface area contributed by atoms with Gasteiger partial charge >= 0.3 is 6.29 Å². The van der Waals surface area contributed by atoms with Crippen LogP contribution in [0.1, 0.15) is 19.8 Å². The van der Waals surface area contributed by atoms with Gasteiger partial charge in [0.05, 0.1) is 12.9 Å². The first-order valence-electron chi connectivity index (χ1n) is 3.93. The Morgan fingerprint density at radius 2 is 2.36 bits per heavy atom. The molecule has 0 saturated carbocycles. The van der Waals surface area contributed by atoms with Gasteiger partial charge < -0.3 is 9.47 Å². The highest BCUT2D eigenvalue weighted by Gasteiger charge is 2.06. The van der Waals surface area contributed by atoms with Gasteiger partial charge in [0.25, 0.3) is 0 Å². The molecule has 0 aromatic rings. The van der Waals surface area contributed by atoms with Gasteiger partial charge in [-0.25, -0.2) is 0 Å². The number of hydrogen-bond donors (Lipinski definition) is 0. The maximum absolute atomic E-state index is 5.28. The summed E-state index contributed by atoms with van der Waals surface area (Å²) < 4.78 is 10.3. The van der Waals surface area contributed by atoms with Gasteiger partial charge in [0.1, 0.15) is 0 Å². The Kier molecular flexibility index (Phi) is 3.76. The van der Waals surface area contributed by atoms with E-state index >= 15 is 0 Å². The first-order chi connectivity index (χ1) is 5.43. The highest BCUT2D eigenvalue weighted by atomic mass is 16.7. The van der Waals surface area contributed by atoms with E-state index < -0.39 is 0 Å². The fourth-order valence-corrected chi connectivity index (χ4v) is 0.724. The average molecular weight is 153 g/mol. The van der Waals surface area contributed by atoms with Crippen molar-refractivity contribution < 1.29 is 9.47 Å². The van der Waals surface area contributed by atoms with E-state index in [1.54, 1.807) is 6.26 Å². The van der Waals surface area contributed by atoms with Gasteiger partial charge in [-0.15, -0.1) is 0 Å². The highest BCUT2D eigenvalue weighted by molar-refractivity contribution is 5.11. The van der Waals surface area contributed by atoms with E-state index in [0.717, 1.165) is 19.4 Å². The van der Waals surface area contributed by atoms with Crippen LogP contribution in [0.3, 0.4) is 0 Å². The van der Waals surface area contributed by atoms with Crippen LogP contribution in [0.15, 0.2) is 24.5 Å². The van der Waals surface area contributed by atoms with Crippen molar-refractivity contribution in [1.82, 2.24) is 0 Å². The third-order valence-corrected chi connectivity index (χ3v) is 1.35. The lowest BCUT2D eigenvalue weighted by atomic mass is 10.3. The van der Waals surface area contributed by atoms with E-state index in [4.69, 9.17) is 9.47 Å².